The molecule has 1 unspecified atom stereocenters. The van der Waals surface area contributed by atoms with Gasteiger partial charge in [0.25, 0.3) is 0 Å². The Morgan fingerprint density at radius 3 is 3.08 bits per heavy atom. The van der Waals surface area contributed by atoms with Gasteiger partial charge in [0.15, 0.2) is 0 Å². The highest BCUT2D eigenvalue weighted by Crippen LogP contribution is 2.37. The minimum atomic E-state index is 0.744. The van der Waals surface area contributed by atoms with Crippen LogP contribution in [0, 0.1) is 0 Å². The van der Waals surface area contributed by atoms with Crippen molar-refractivity contribution in [2.24, 2.45) is 0 Å². The Morgan fingerprint density at radius 1 is 1.15 bits per heavy atom. The van der Waals surface area contributed by atoms with Crippen LogP contribution in [0.2, 0.25) is 0 Å². The SMILES string of the molecule is C1=CC2CCCc3cccc(c32)C1. The first-order valence-corrected chi connectivity index (χ1v) is 5.22. The molecule has 0 aliphatic heterocycles. The molecule has 0 spiro atoms. The summed E-state index contributed by atoms with van der Waals surface area (Å²) in [5.74, 6) is 0.744. The Morgan fingerprint density at radius 2 is 2.08 bits per heavy atom. The molecule has 2 aliphatic carbocycles. The first kappa shape index (κ1) is 7.37. The lowest BCUT2D eigenvalue weighted by atomic mass is 9.77. The Bertz CT molecular complexity index is 360. The molecule has 0 heteroatoms. The molecule has 13 heavy (non-hydrogen) atoms. The summed E-state index contributed by atoms with van der Waals surface area (Å²) in [4.78, 5) is 0. The molecule has 0 amide bonds. The van der Waals surface area contributed by atoms with E-state index >= 15 is 0 Å². The predicted octanol–water partition coefficient (Wildman–Crippen LogP) is 3.22. The molecule has 66 valence electrons. The lowest BCUT2D eigenvalue weighted by Crippen LogP contribution is -2.13. The molecule has 0 saturated heterocycles. The van der Waals surface area contributed by atoms with Gasteiger partial charge in [-0.05, 0) is 42.4 Å². The van der Waals surface area contributed by atoms with Crippen LogP contribution < -0.4 is 0 Å². The van der Waals surface area contributed by atoms with Gasteiger partial charge in [-0.25, -0.2) is 0 Å². The normalized spacial score (nSPS) is 24.2. The van der Waals surface area contributed by atoms with Crippen molar-refractivity contribution >= 4 is 0 Å². The van der Waals surface area contributed by atoms with Crippen molar-refractivity contribution < 1.29 is 0 Å². The summed E-state index contributed by atoms with van der Waals surface area (Å²) in [5.41, 5.74) is 4.85. The minimum Gasteiger partial charge on any atom is -0.0835 e. The minimum absolute atomic E-state index is 0.744. The molecule has 0 aromatic heterocycles. The topological polar surface area (TPSA) is 0 Å². The first-order valence-electron chi connectivity index (χ1n) is 5.22. The molecule has 3 rings (SSSR count). The van der Waals surface area contributed by atoms with Crippen molar-refractivity contribution in [3.63, 3.8) is 0 Å². The van der Waals surface area contributed by atoms with E-state index in [4.69, 9.17) is 0 Å². The van der Waals surface area contributed by atoms with Crippen LogP contribution in [0.15, 0.2) is 30.4 Å². The van der Waals surface area contributed by atoms with E-state index in [0.29, 0.717) is 0 Å². The number of rotatable bonds is 0. The van der Waals surface area contributed by atoms with Gasteiger partial charge in [-0.1, -0.05) is 30.4 Å². The molecule has 1 aromatic carbocycles. The molecule has 0 saturated carbocycles. The van der Waals surface area contributed by atoms with Gasteiger partial charge in [-0.2, -0.15) is 0 Å². The van der Waals surface area contributed by atoms with Crippen LogP contribution in [0.1, 0.15) is 35.4 Å². The molecule has 0 heterocycles. The zero-order chi connectivity index (χ0) is 8.67. The fraction of sp³-hybridized carbons (Fsp3) is 0.385. The van der Waals surface area contributed by atoms with Crippen molar-refractivity contribution in [1.82, 2.24) is 0 Å². The van der Waals surface area contributed by atoms with Gasteiger partial charge in [0.2, 0.25) is 0 Å². The molecule has 0 radical (unpaired) electrons. The van der Waals surface area contributed by atoms with Gasteiger partial charge in [0.1, 0.15) is 0 Å². The second-order valence-electron chi connectivity index (χ2n) is 4.12. The zero-order valence-electron chi connectivity index (χ0n) is 7.79. The van der Waals surface area contributed by atoms with Crippen molar-refractivity contribution in [3.8, 4) is 0 Å². The van der Waals surface area contributed by atoms with Crippen LogP contribution in [-0.2, 0) is 12.8 Å². The smallest absolute Gasteiger partial charge is 0.00237 e. The molecule has 0 nitrogen and oxygen atoms in total. The van der Waals surface area contributed by atoms with Gasteiger partial charge < -0.3 is 0 Å². The summed E-state index contributed by atoms with van der Waals surface area (Å²) in [5, 5.41) is 0. The van der Waals surface area contributed by atoms with Crippen molar-refractivity contribution in [1.29, 1.82) is 0 Å². The molecule has 1 aromatic rings. The quantitative estimate of drug-likeness (QED) is 0.524. The van der Waals surface area contributed by atoms with E-state index < -0.39 is 0 Å². The summed E-state index contributed by atoms with van der Waals surface area (Å²) in [7, 11) is 0. The molecule has 1 atom stereocenters. The fourth-order valence-corrected chi connectivity index (χ4v) is 2.75. The predicted molar refractivity (Wildman–Crippen MR) is 55.0 cm³/mol. The third kappa shape index (κ3) is 1.05. The Labute approximate surface area is 79.3 Å². The second kappa shape index (κ2) is 2.73. The molecule has 0 bridgehead atoms. The van der Waals surface area contributed by atoms with E-state index in [9.17, 15) is 0 Å². The first-order chi connectivity index (χ1) is 6.45. The van der Waals surface area contributed by atoms with Gasteiger partial charge >= 0.3 is 0 Å². The Hall–Kier alpha value is -1.04. The van der Waals surface area contributed by atoms with Crippen molar-refractivity contribution in [3.05, 3.63) is 47.0 Å². The third-order valence-electron chi connectivity index (χ3n) is 3.32. The van der Waals surface area contributed by atoms with Crippen LogP contribution in [0.5, 0.6) is 0 Å². The van der Waals surface area contributed by atoms with Crippen LogP contribution in [-0.4, -0.2) is 0 Å². The maximum atomic E-state index is 2.41. The van der Waals surface area contributed by atoms with E-state index in [2.05, 4.69) is 30.4 Å². The average Bonchev–Trinajstić information content (AvgIpc) is 2.19. The third-order valence-corrected chi connectivity index (χ3v) is 3.32. The summed E-state index contributed by atoms with van der Waals surface area (Å²) < 4.78 is 0. The Balaban J connectivity index is 2.22. The highest BCUT2D eigenvalue weighted by Gasteiger charge is 2.22. The summed E-state index contributed by atoms with van der Waals surface area (Å²) in [6.45, 7) is 0. The lowest BCUT2D eigenvalue weighted by molar-refractivity contribution is 0.617. The number of benzene rings is 1. The fourth-order valence-electron chi connectivity index (χ4n) is 2.75. The summed E-state index contributed by atoms with van der Waals surface area (Å²) in [6.07, 6.45) is 9.92. The van der Waals surface area contributed by atoms with E-state index in [1.165, 1.54) is 19.3 Å². The standard InChI is InChI=1S/C13H14/c1-4-10-6-2-8-12-9-3-7-11(5-1)13(10)12/h1-2,4-5,8,12H,3,6-7,9H2. The second-order valence-corrected chi connectivity index (χ2v) is 4.12. The summed E-state index contributed by atoms with van der Waals surface area (Å²) in [6, 6.07) is 6.82. The number of hydrogen-bond acceptors (Lipinski definition) is 0. The van der Waals surface area contributed by atoms with E-state index in [1.807, 2.05) is 0 Å². The number of hydrogen-bond donors (Lipinski definition) is 0. The van der Waals surface area contributed by atoms with Crippen molar-refractivity contribution in [2.45, 2.75) is 31.6 Å². The van der Waals surface area contributed by atoms with Crippen LogP contribution in [0.3, 0.4) is 0 Å². The molecular formula is C13H14. The molecule has 0 N–H and O–H groups in total. The van der Waals surface area contributed by atoms with Crippen LogP contribution in [0.25, 0.3) is 0 Å². The zero-order valence-corrected chi connectivity index (χ0v) is 7.79. The maximum absolute atomic E-state index is 2.41. The molecular weight excluding hydrogens is 156 g/mol. The van der Waals surface area contributed by atoms with Gasteiger partial charge in [-0.3, -0.25) is 0 Å². The molecule has 2 aliphatic rings. The lowest BCUT2D eigenvalue weighted by Gasteiger charge is -2.28. The highest BCUT2D eigenvalue weighted by atomic mass is 14.3. The monoisotopic (exact) mass is 170 g/mol. The number of allylic oxidation sites excluding steroid dienone is 2. The van der Waals surface area contributed by atoms with Crippen LogP contribution >= 0.6 is 0 Å². The van der Waals surface area contributed by atoms with Gasteiger partial charge in [0.05, 0.1) is 0 Å². The van der Waals surface area contributed by atoms with Crippen LogP contribution in [0.4, 0.5) is 0 Å². The average molecular weight is 170 g/mol. The van der Waals surface area contributed by atoms with Crippen molar-refractivity contribution in [2.75, 3.05) is 0 Å². The molecule has 0 fully saturated rings. The van der Waals surface area contributed by atoms with E-state index in [0.717, 1.165) is 12.3 Å². The van der Waals surface area contributed by atoms with E-state index in [1.54, 1.807) is 16.7 Å². The van der Waals surface area contributed by atoms with Gasteiger partial charge in [-0.15, -0.1) is 0 Å². The highest BCUT2D eigenvalue weighted by molar-refractivity contribution is 5.45. The Kier molecular flexibility index (Phi) is 1.55. The number of aryl methyl sites for hydroxylation is 1. The summed E-state index contributed by atoms with van der Waals surface area (Å²) >= 11 is 0. The van der Waals surface area contributed by atoms with Gasteiger partial charge in [0, 0.05) is 5.92 Å². The largest absolute Gasteiger partial charge is 0.0835 e. The van der Waals surface area contributed by atoms with E-state index in [-0.39, 0.29) is 0 Å². The maximum Gasteiger partial charge on any atom is 0.00237 e.